The van der Waals surface area contributed by atoms with Gasteiger partial charge in [-0.2, -0.15) is 0 Å². The fraction of sp³-hybridized carbons (Fsp3) is 0.450. The first-order valence-corrected chi connectivity index (χ1v) is 9.42. The molecule has 0 bridgehead atoms. The monoisotopic (exact) mass is 369 g/mol. The molecule has 7 nitrogen and oxygen atoms in total. The highest BCUT2D eigenvalue weighted by molar-refractivity contribution is 5.76. The summed E-state index contributed by atoms with van der Waals surface area (Å²) in [6, 6.07) is 9.05. The number of nitrogens with one attached hydrogen (secondary N) is 2. The van der Waals surface area contributed by atoms with Gasteiger partial charge in [0.1, 0.15) is 11.4 Å². The van der Waals surface area contributed by atoms with Gasteiger partial charge in [0.25, 0.3) is 5.56 Å². The molecular weight excluding hydrogens is 346 g/mol. The summed E-state index contributed by atoms with van der Waals surface area (Å²) in [5, 5.41) is 3.12. The first-order valence-electron chi connectivity index (χ1n) is 9.42. The van der Waals surface area contributed by atoms with Gasteiger partial charge >= 0.3 is 5.69 Å². The highest BCUT2D eigenvalue weighted by atomic mass is 16.5. The van der Waals surface area contributed by atoms with Gasteiger partial charge in [0, 0.05) is 37.2 Å². The number of H-pyrrole nitrogens is 1. The second-order valence-corrected chi connectivity index (χ2v) is 7.41. The third-order valence-corrected chi connectivity index (χ3v) is 5.52. The molecule has 1 aliphatic carbocycles. The van der Waals surface area contributed by atoms with Gasteiger partial charge in [-0.05, 0) is 31.7 Å². The van der Waals surface area contributed by atoms with Crippen LogP contribution in [0.1, 0.15) is 50.1 Å². The Morgan fingerprint density at radius 3 is 2.78 bits per heavy atom. The molecule has 1 atom stereocenters. The number of carbonyl (C=O) groups is 1. The van der Waals surface area contributed by atoms with Gasteiger partial charge in [0.2, 0.25) is 5.91 Å². The number of amides is 1. The molecule has 2 heterocycles. The van der Waals surface area contributed by atoms with Gasteiger partial charge in [0.15, 0.2) is 0 Å². The Bertz CT molecular complexity index is 956. The topological polar surface area (TPSA) is 93.2 Å². The third kappa shape index (κ3) is 3.67. The van der Waals surface area contributed by atoms with Crippen molar-refractivity contribution >= 4 is 5.91 Å². The van der Waals surface area contributed by atoms with Crippen molar-refractivity contribution < 1.29 is 9.53 Å². The van der Waals surface area contributed by atoms with Gasteiger partial charge in [-0.1, -0.05) is 18.2 Å². The lowest BCUT2D eigenvalue weighted by Gasteiger charge is -2.40. The molecule has 27 heavy (non-hydrogen) atoms. The minimum absolute atomic E-state index is 0.0900. The Morgan fingerprint density at radius 2 is 2.00 bits per heavy atom. The summed E-state index contributed by atoms with van der Waals surface area (Å²) < 4.78 is 7.65. The van der Waals surface area contributed by atoms with E-state index in [2.05, 4.69) is 10.3 Å². The first-order chi connectivity index (χ1) is 13.0. The standard InChI is InChI=1S/C20H23N3O4/c24-17(7-11-23-12-8-18(25)22-19(23)26)21-15-13-20(9-3-4-10-20)27-16-6-2-1-5-14(15)16/h1-2,5-6,8,12,15H,3-4,7,9-11,13H2,(H,21,24)(H,22,25,26)/t15-/m0/s1. The molecule has 7 heteroatoms. The number of aryl methyl sites for hydroxylation is 1. The molecule has 1 amide bonds. The van der Waals surface area contributed by atoms with Crippen molar-refractivity contribution in [2.24, 2.45) is 0 Å². The number of ether oxygens (including phenoxy) is 1. The smallest absolute Gasteiger partial charge is 0.328 e. The predicted octanol–water partition coefficient (Wildman–Crippen LogP) is 1.88. The predicted molar refractivity (Wildman–Crippen MR) is 99.7 cm³/mol. The molecule has 0 radical (unpaired) electrons. The lowest BCUT2D eigenvalue weighted by molar-refractivity contribution is -0.122. The normalized spacial score (nSPS) is 20.1. The van der Waals surface area contributed by atoms with E-state index in [-0.39, 0.29) is 30.5 Å². The number of benzene rings is 1. The summed E-state index contributed by atoms with van der Waals surface area (Å²) in [6.45, 7) is 0.220. The van der Waals surface area contributed by atoms with E-state index < -0.39 is 11.2 Å². The summed E-state index contributed by atoms with van der Waals surface area (Å²) in [6.07, 6.45) is 6.68. The van der Waals surface area contributed by atoms with E-state index in [1.54, 1.807) is 0 Å². The summed E-state index contributed by atoms with van der Waals surface area (Å²) >= 11 is 0. The van der Waals surface area contributed by atoms with Crippen molar-refractivity contribution in [2.45, 2.75) is 56.7 Å². The van der Waals surface area contributed by atoms with Crippen LogP contribution in [0.3, 0.4) is 0 Å². The zero-order valence-electron chi connectivity index (χ0n) is 15.1. The Kier molecular flexibility index (Phi) is 4.59. The van der Waals surface area contributed by atoms with E-state index >= 15 is 0 Å². The van der Waals surface area contributed by atoms with Crippen LogP contribution in [0.4, 0.5) is 0 Å². The molecule has 0 unspecified atom stereocenters. The quantitative estimate of drug-likeness (QED) is 0.861. The van der Waals surface area contributed by atoms with Crippen LogP contribution < -0.4 is 21.3 Å². The molecule has 4 rings (SSSR count). The molecule has 142 valence electrons. The molecule has 1 spiro atoms. The average molecular weight is 369 g/mol. The van der Waals surface area contributed by atoms with Crippen molar-refractivity contribution in [3.05, 3.63) is 62.9 Å². The zero-order chi connectivity index (χ0) is 18.9. The first kappa shape index (κ1) is 17.6. The van der Waals surface area contributed by atoms with Crippen molar-refractivity contribution in [1.29, 1.82) is 0 Å². The molecule has 1 aliphatic heterocycles. The summed E-state index contributed by atoms with van der Waals surface area (Å²) in [5.41, 5.74) is -0.120. The molecule has 2 aromatic rings. The van der Waals surface area contributed by atoms with Crippen LogP contribution in [0.25, 0.3) is 0 Å². The SMILES string of the molecule is O=C(CCn1ccc(=O)[nH]c1=O)N[C@H]1CC2(CCCC2)Oc2ccccc21. The largest absolute Gasteiger partial charge is 0.487 e. The maximum Gasteiger partial charge on any atom is 0.328 e. The molecule has 1 fully saturated rings. The number of nitrogens with zero attached hydrogens (tertiary/aromatic N) is 1. The highest BCUT2D eigenvalue weighted by Gasteiger charge is 2.43. The van der Waals surface area contributed by atoms with Gasteiger partial charge in [-0.15, -0.1) is 0 Å². The van der Waals surface area contributed by atoms with E-state index in [1.165, 1.54) is 16.8 Å². The second-order valence-electron chi connectivity index (χ2n) is 7.41. The molecule has 2 aliphatic rings. The van der Waals surface area contributed by atoms with E-state index in [0.717, 1.165) is 43.4 Å². The number of hydrogen-bond donors (Lipinski definition) is 2. The molecule has 1 aromatic carbocycles. The van der Waals surface area contributed by atoms with Gasteiger partial charge < -0.3 is 14.6 Å². The summed E-state index contributed by atoms with van der Waals surface area (Å²) in [5.74, 6) is 0.732. The Labute approximate surface area is 156 Å². The lowest BCUT2D eigenvalue weighted by Crippen LogP contribution is -2.43. The summed E-state index contributed by atoms with van der Waals surface area (Å²) in [7, 11) is 0. The highest BCUT2D eigenvalue weighted by Crippen LogP contribution is 2.46. The van der Waals surface area contributed by atoms with Crippen LogP contribution >= 0.6 is 0 Å². The number of hydrogen-bond acceptors (Lipinski definition) is 4. The van der Waals surface area contributed by atoms with Crippen LogP contribution in [0.15, 0.2) is 46.1 Å². The fourth-order valence-electron chi connectivity index (χ4n) is 4.18. The Balaban J connectivity index is 1.46. The van der Waals surface area contributed by atoms with Gasteiger partial charge in [-0.25, -0.2) is 4.79 Å². The van der Waals surface area contributed by atoms with E-state index in [0.29, 0.717) is 0 Å². The Morgan fingerprint density at radius 1 is 1.22 bits per heavy atom. The van der Waals surface area contributed by atoms with Crippen LogP contribution in [-0.2, 0) is 11.3 Å². The minimum Gasteiger partial charge on any atom is -0.487 e. The Hall–Kier alpha value is -2.83. The number of aromatic amines is 1. The van der Waals surface area contributed by atoms with E-state index in [9.17, 15) is 14.4 Å². The van der Waals surface area contributed by atoms with Gasteiger partial charge in [0.05, 0.1) is 6.04 Å². The molecule has 1 aromatic heterocycles. The van der Waals surface area contributed by atoms with E-state index in [1.807, 2.05) is 24.3 Å². The van der Waals surface area contributed by atoms with Crippen molar-refractivity contribution in [1.82, 2.24) is 14.9 Å². The van der Waals surface area contributed by atoms with Crippen molar-refractivity contribution in [3.8, 4) is 5.75 Å². The van der Waals surface area contributed by atoms with Gasteiger partial charge in [-0.3, -0.25) is 14.6 Å². The third-order valence-electron chi connectivity index (χ3n) is 5.52. The number of rotatable bonds is 4. The second kappa shape index (κ2) is 7.06. The molecule has 2 N–H and O–H groups in total. The number of aromatic nitrogens is 2. The van der Waals surface area contributed by atoms with Crippen LogP contribution in [-0.4, -0.2) is 21.1 Å². The number of carbonyl (C=O) groups excluding carboxylic acids is 1. The number of para-hydroxylation sites is 1. The van der Waals surface area contributed by atoms with Crippen molar-refractivity contribution in [3.63, 3.8) is 0 Å². The lowest BCUT2D eigenvalue weighted by atomic mass is 9.86. The maximum atomic E-state index is 12.5. The van der Waals surface area contributed by atoms with Crippen LogP contribution in [0, 0.1) is 0 Å². The molecule has 1 saturated carbocycles. The van der Waals surface area contributed by atoms with Crippen LogP contribution in [0.5, 0.6) is 5.75 Å². The van der Waals surface area contributed by atoms with Crippen LogP contribution in [0.2, 0.25) is 0 Å². The minimum atomic E-state index is -0.503. The average Bonchev–Trinajstić information content (AvgIpc) is 3.08. The van der Waals surface area contributed by atoms with E-state index in [4.69, 9.17) is 4.74 Å². The molecular formula is C20H23N3O4. The fourth-order valence-corrected chi connectivity index (χ4v) is 4.18. The number of fused-ring (bicyclic) bond motifs is 1. The maximum absolute atomic E-state index is 12.5. The zero-order valence-corrected chi connectivity index (χ0v) is 15.1. The summed E-state index contributed by atoms with van der Waals surface area (Å²) in [4.78, 5) is 37.6. The molecule has 0 saturated heterocycles. The van der Waals surface area contributed by atoms with Crippen molar-refractivity contribution in [2.75, 3.05) is 0 Å².